The molecule has 19 heavy (non-hydrogen) atoms. The fourth-order valence-electron chi connectivity index (χ4n) is 1.84. The van der Waals surface area contributed by atoms with E-state index < -0.39 is 16.1 Å². The summed E-state index contributed by atoms with van der Waals surface area (Å²) in [4.78, 5) is 11.8. The van der Waals surface area contributed by atoms with Crippen LogP contribution in [0.4, 0.5) is 5.69 Å². The first-order valence-corrected chi connectivity index (χ1v) is 7.57. The molecule has 0 aromatic heterocycles. The van der Waals surface area contributed by atoms with Crippen molar-refractivity contribution in [2.75, 3.05) is 11.9 Å². The number of ether oxygens (including phenoxy) is 1. The van der Waals surface area contributed by atoms with Crippen LogP contribution < -0.4 is 14.8 Å². The minimum absolute atomic E-state index is 0.104. The molecule has 1 aromatic rings. The van der Waals surface area contributed by atoms with Gasteiger partial charge in [-0.15, -0.1) is 0 Å². The van der Waals surface area contributed by atoms with Crippen molar-refractivity contribution in [2.24, 2.45) is 0 Å². The smallest absolute Gasteiger partial charge is 0.265 e. The third kappa shape index (κ3) is 2.71. The van der Waals surface area contributed by atoms with Gasteiger partial charge in [-0.2, -0.15) is 0 Å². The van der Waals surface area contributed by atoms with Gasteiger partial charge in [-0.3, -0.25) is 4.79 Å². The minimum atomic E-state index is -3.54. The Hall–Kier alpha value is -1.60. The van der Waals surface area contributed by atoms with Crippen molar-refractivity contribution in [1.29, 1.82) is 0 Å². The quantitative estimate of drug-likeness (QED) is 0.867. The molecule has 1 aliphatic heterocycles. The number of benzene rings is 1. The van der Waals surface area contributed by atoms with E-state index in [0.717, 1.165) is 0 Å². The highest BCUT2D eigenvalue weighted by Crippen LogP contribution is 2.32. The van der Waals surface area contributed by atoms with E-state index in [1.807, 2.05) is 6.92 Å². The standard InChI is InChI=1S/C12H16N2O4S/c1-3-10-12(15)14-9-7-8(5-6-11(9)18-10)19(16,17)13-4-2/h5-7,10,13H,3-4H2,1-2H3,(H,14,15). The van der Waals surface area contributed by atoms with E-state index in [2.05, 4.69) is 10.0 Å². The van der Waals surface area contributed by atoms with Crippen LogP contribution in [0, 0.1) is 0 Å². The average Bonchev–Trinajstić information content (AvgIpc) is 2.37. The Kier molecular flexibility index (Phi) is 3.77. The lowest BCUT2D eigenvalue weighted by molar-refractivity contribution is -0.123. The van der Waals surface area contributed by atoms with Gasteiger partial charge in [0, 0.05) is 6.54 Å². The van der Waals surface area contributed by atoms with Gasteiger partial charge in [0.05, 0.1) is 10.6 Å². The highest BCUT2D eigenvalue weighted by Gasteiger charge is 2.27. The normalized spacial score (nSPS) is 18.4. The third-order valence-corrected chi connectivity index (χ3v) is 4.33. The fourth-order valence-corrected chi connectivity index (χ4v) is 2.91. The first-order chi connectivity index (χ1) is 8.97. The maximum atomic E-state index is 11.9. The number of fused-ring (bicyclic) bond motifs is 1. The fraction of sp³-hybridized carbons (Fsp3) is 0.417. The Balaban J connectivity index is 2.36. The van der Waals surface area contributed by atoms with Gasteiger partial charge in [-0.1, -0.05) is 13.8 Å². The van der Waals surface area contributed by atoms with Crippen LogP contribution in [0.5, 0.6) is 5.75 Å². The highest BCUT2D eigenvalue weighted by atomic mass is 32.2. The number of amides is 1. The van der Waals surface area contributed by atoms with Crippen molar-refractivity contribution in [3.8, 4) is 5.75 Å². The molecule has 1 aliphatic rings. The zero-order chi connectivity index (χ0) is 14.0. The molecular formula is C12H16N2O4S. The first-order valence-electron chi connectivity index (χ1n) is 6.09. The van der Waals surface area contributed by atoms with Crippen LogP contribution in [0.15, 0.2) is 23.1 Å². The predicted molar refractivity (Wildman–Crippen MR) is 70.6 cm³/mol. The van der Waals surface area contributed by atoms with Crippen molar-refractivity contribution in [2.45, 2.75) is 31.3 Å². The van der Waals surface area contributed by atoms with Gasteiger partial charge in [-0.05, 0) is 24.6 Å². The van der Waals surface area contributed by atoms with E-state index in [-0.39, 0.29) is 10.8 Å². The number of anilines is 1. The number of hydrogen-bond donors (Lipinski definition) is 2. The lowest BCUT2D eigenvalue weighted by Crippen LogP contribution is -2.36. The minimum Gasteiger partial charge on any atom is -0.478 e. The topological polar surface area (TPSA) is 84.5 Å². The number of carbonyl (C=O) groups excluding carboxylic acids is 1. The number of carbonyl (C=O) groups is 1. The Labute approximate surface area is 112 Å². The monoisotopic (exact) mass is 284 g/mol. The van der Waals surface area contributed by atoms with Crippen molar-refractivity contribution >= 4 is 21.6 Å². The first kappa shape index (κ1) is 13.8. The van der Waals surface area contributed by atoms with Crippen LogP contribution >= 0.6 is 0 Å². The maximum Gasteiger partial charge on any atom is 0.265 e. The number of hydrogen-bond acceptors (Lipinski definition) is 4. The second kappa shape index (κ2) is 5.18. The van der Waals surface area contributed by atoms with Crippen LogP contribution in [0.3, 0.4) is 0 Å². The Bertz CT molecular complexity index is 598. The summed E-state index contributed by atoms with van der Waals surface area (Å²) >= 11 is 0. The Morgan fingerprint density at radius 1 is 1.37 bits per heavy atom. The molecule has 104 valence electrons. The SMILES string of the molecule is CCNS(=O)(=O)c1ccc2c(c1)NC(=O)C(CC)O2. The maximum absolute atomic E-state index is 11.9. The summed E-state index contributed by atoms with van der Waals surface area (Å²) < 4.78 is 31.6. The molecule has 0 aliphatic carbocycles. The molecule has 2 rings (SSSR count). The van der Waals surface area contributed by atoms with Crippen molar-refractivity contribution in [3.63, 3.8) is 0 Å². The summed E-state index contributed by atoms with van der Waals surface area (Å²) in [5.41, 5.74) is 0.383. The molecule has 7 heteroatoms. The van der Waals surface area contributed by atoms with E-state index in [1.54, 1.807) is 13.0 Å². The van der Waals surface area contributed by atoms with E-state index >= 15 is 0 Å². The molecule has 1 amide bonds. The molecule has 0 fully saturated rings. The van der Waals surface area contributed by atoms with E-state index in [0.29, 0.717) is 24.4 Å². The molecule has 1 heterocycles. The van der Waals surface area contributed by atoms with Gasteiger partial charge < -0.3 is 10.1 Å². The summed E-state index contributed by atoms with van der Waals surface area (Å²) in [6.07, 6.45) is 0.0339. The summed E-state index contributed by atoms with van der Waals surface area (Å²) in [6, 6.07) is 4.42. The molecule has 1 atom stereocenters. The second-order valence-corrected chi connectivity index (χ2v) is 5.93. The summed E-state index contributed by atoms with van der Waals surface area (Å²) in [7, 11) is -3.54. The van der Waals surface area contributed by atoms with Gasteiger partial charge in [0.2, 0.25) is 10.0 Å². The largest absolute Gasteiger partial charge is 0.478 e. The zero-order valence-electron chi connectivity index (χ0n) is 10.8. The summed E-state index contributed by atoms with van der Waals surface area (Å²) in [5, 5.41) is 2.66. The average molecular weight is 284 g/mol. The van der Waals surface area contributed by atoms with Crippen LogP contribution in [0.1, 0.15) is 20.3 Å². The van der Waals surface area contributed by atoms with Crippen molar-refractivity contribution in [1.82, 2.24) is 4.72 Å². The number of nitrogens with one attached hydrogen (secondary N) is 2. The zero-order valence-corrected chi connectivity index (χ0v) is 11.6. The predicted octanol–water partition coefficient (Wildman–Crippen LogP) is 1.09. The Morgan fingerprint density at radius 2 is 2.11 bits per heavy atom. The molecule has 0 radical (unpaired) electrons. The molecule has 2 N–H and O–H groups in total. The Morgan fingerprint density at radius 3 is 2.74 bits per heavy atom. The number of rotatable bonds is 4. The van der Waals surface area contributed by atoms with Gasteiger partial charge in [0.1, 0.15) is 5.75 Å². The van der Waals surface area contributed by atoms with E-state index in [4.69, 9.17) is 4.74 Å². The molecule has 0 saturated carbocycles. The molecule has 1 aromatic carbocycles. The van der Waals surface area contributed by atoms with E-state index in [1.165, 1.54) is 12.1 Å². The number of sulfonamides is 1. The molecule has 0 saturated heterocycles. The van der Waals surface area contributed by atoms with Gasteiger partial charge in [0.15, 0.2) is 6.10 Å². The van der Waals surface area contributed by atoms with Gasteiger partial charge in [0.25, 0.3) is 5.91 Å². The van der Waals surface area contributed by atoms with Crippen molar-refractivity contribution in [3.05, 3.63) is 18.2 Å². The molecular weight excluding hydrogens is 268 g/mol. The third-order valence-electron chi connectivity index (χ3n) is 2.79. The van der Waals surface area contributed by atoms with Gasteiger partial charge >= 0.3 is 0 Å². The van der Waals surface area contributed by atoms with E-state index in [9.17, 15) is 13.2 Å². The molecule has 1 unspecified atom stereocenters. The van der Waals surface area contributed by atoms with Crippen LogP contribution in [0.25, 0.3) is 0 Å². The molecule has 6 nitrogen and oxygen atoms in total. The molecule has 0 bridgehead atoms. The van der Waals surface area contributed by atoms with Crippen molar-refractivity contribution < 1.29 is 17.9 Å². The van der Waals surface area contributed by atoms with Crippen LogP contribution in [-0.2, 0) is 14.8 Å². The molecule has 0 spiro atoms. The second-order valence-electron chi connectivity index (χ2n) is 4.16. The summed E-state index contributed by atoms with van der Waals surface area (Å²) in [6.45, 7) is 3.85. The summed E-state index contributed by atoms with van der Waals surface area (Å²) in [5.74, 6) is 0.231. The van der Waals surface area contributed by atoms with Crippen LogP contribution in [0.2, 0.25) is 0 Å². The lowest BCUT2D eigenvalue weighted by atomic mass is 10.2. The lowest BCUT2D eigenvalue weighted by Gasteiger charge is -2.25. The van der Waals surface area contributed by atoms with Crippen LogP contribution in [-0.4, -0.2) is 27.0 Å². The van der Waals surface area contributed by atoms with Gasteiger partial charge in [-0.25, -0.2) is 13.1 Å². The highest BCUT2D eigenvalue weighted by molar-refractivity contribution is 7.89.